The lowest BCUT2D eigenvalue weighted by molar-refractivity contribution is -0.116. The van der Waals surface area contributed by atoms with Crippen molar-refractivity contribution in [2.45, 2.75) is 39.0 Å². The number of ether oxygens (including phenoxy) is 2. The maximum atomic E-state index is 13.7. The highest BCUT2D eigenvalue weighted by atomic mass is 16.5. The van der Waals surface area contributed by atoms with E-state index >= 15 is 0 Å². The van der Waals surface area contributed by atoms with Gasteiger partial charge < -0.3 is 24.8 Å². The van der Waals surface area contributed by atoms with Gasteiger partial charge in [0.05, 0.1) is 31.4 Å². The minimum Gasteiger partial charge on any atom is -0.488 e. The molecule has 1 saturated heterocycles. The summed E-state index contributed by atoms with van der Waals surface area (Å²) >= 11 is 0. The smallest absolute Gasteiger partial charge is 0.258 e. The van der Waals surface area contributed by atoms with E-state index in [9.17, 15) is 14.7 Å². The average molecular weight is 539 g/mol. The van der Waals surface area contributed by atoms with E-state index in [1.165, 1.54) is 5.56 Å². The Morgan fingerprint density at radius 3 is 2.64 bits per heavy atom. The van der Waals surface area contributed by atoms with Gasteiger partial charge in [-0.15, -0.1) is 0 Å². The van der Waals surface area contributed by atoms with Crippen molar-refractivity contribution in [2.75, 3.05) is 64.9 Å². The van der Waals surface area contributed by atoms with Gasteiger partial charge in [0, 0.05) is 57.3 Å². The second kappa shape index (κ2) is 13.9. The summed E-state index contributed by atoms with van der Waals surface area (Å²) in [5.41, 5.74) is 2.17. The topological polar surface area (TPSA) is 94.6 Å². The third-order valence-electron chi connectivity index (χ3n) is 7.49. The molecule has 0 aliphatic carbocycles. The molecule has 0 saturated carbocycles. The zero-order valence-corrected chi connectivity index (χ0v) is 23.3. The number of carbonyl (C=O) groups is 2. The highest BCUT2D eigenvalue weighted by molar-refractivity contribution is 5.99. The summed E-state index contributed by atoms with van der Waals surface area (Å²) < 4.78 is 11.9. The number of hydrogen-bond donors (Lipinski definition) is 2. The van der Waals surface area contributed by atoms with Crippen molar-refractivity contribution >= 4 is 17.5 Å². The molecule has 4 rings (SSSR count). The van der Waals surface area contributed by atoms with E-state index in [0.717, 1.165) is 19.6 Å². The van der Waals surface area contributed by atoms with E-state index in [-0.39, 0.29) is 36.5 Å². The summed E-state index contributed by atoms with van der Waals surface area (Å²) in [7, 11) is 2.07. The van der Waals surface area contributed by atoms with Crippen LogP contribution in [0.4, 0.5) is 5.69 Å². The molecule has 212 valence electrons. The Labute approximate surface area is 231 Å². The van der Waals surface area contributed by atoms with Crippen molar-refractivity contribution in [1.82, 2.24) is 14.7 Å². The van der Waals surface area contributed by atoms with Gasteiger partial charge in [-0.1, -0.05) is 37.3 Å². The van der Waals surface area contributed by atoms with Crippen molar-refractivity contribution in [1.29, 1.82) is 0 Å². The van der Waals surface area contributed by atoms with Crippen LogP contribution in [0, 0.1) is 5.92 Å². The predicted octanol–water partition coefficient (Wildman–Crippen LogP) is 2.70. The first-order valence-electron chi connectivity index (χ1n) is 13.9. The van der Waals surface area contributed by atoms with Crippen molar-refractivity contribution in [3.05, 3.63) is 59.7 Å². The number of aliphatic hydroxyl groups is 1. The molecule has 2 aliphatic heterocycles. The molecular weight excluding hydrogens is 496 g/mol. The molecule has 39 heavy (non-hydrogen) atoms. The summed E-state index contributed by atoms with van der Waals surface area (Å²) in [6.45, 7) is 9.42. The number of fused-ring (bicyclic) bond motifs is 1. The van der Waals surface area contributed by atoms with Crippen LogP contribution in [0.2, 0.25) is 0 Å². The molecule has 0 spiro atoms. The van der Waals surface area contributed by atoms with Crippen LogP contribution in [0.3, 0.4) is 0 Å². The van der Waals surface area contributed by atoms with E-state index in [1.54, 1.807) is 23.1 Å². The van der Waals surface area contributed by atoms with Gasteiger partial charge in [-0.3, -0.25) is 19.4 Å². The Bertz CT molecular complexity index is 1090. The lowest BCUT2D eigenvalue weighted by Gasteiger charge is -2.38. The lowest BCUT2D eigenvalue weighted by atomic mass is 9.99. The Morgan fingerprint density at radius 2 is 1.92 bits per heavy atom. The fourth-order valence-electron chi connectivity index (χ4n) is 5.09. The number of rotatable bonds is 10. The van der Waals surface area contributed by atoms with Crippen LogP contribution in [-0.4, -0.2) is 103 Å². The first-order chi connectivity index (χ1) is 18.8. The van der Waals surface area contributed by atoms with Crippen LogP contribution in [0.25, 0.3) is 0 Å². The Kier molecular flexibility index (Phi) is 10.3. The first-order valence-corrected chi connectivity index (χ1v) is 13.9. The highest BCUT2D eigenvalue weighted by Crippen LogP contribution is 2.31. The van der Waals surface area contributed by atoms with Crippen LogP contribution in [0.5, 0.6) is 5.75 Å². The number of amides is 2. The molecule has 1 fully saturated rings. The van der Waals surface area contributed by atoms with Crippen molar-refractivity contribution in [3.8, 4) is 5.75 Å². The van der Waals surface area contributed by atoms with Crippen LogP contribution < -0.4 is 10.1 Å². The lowest BCUT2D eigenvalue weighted by Crippen LogP contribution is -2.49. The minimum atomic E-state index is -0.347. The predicted molar refractivity (Wildman–Crippen MR) is 151 cm³/mol. The van der Waals surface area contributed by atoms with Gasteiger partial charge in [-0.25, -0.2) is 0 Å². The fourth-order valence-corrected chi connectivity index (χ4v) is 5.09. The number of morpholine rings is 1. The Hall–Kier alpha value is -2.98. The van der Waals surface area contributed by atoms with Gasteiger partial charge in [0.25, 0.3) is 5.91 Å². The van der Waals surface area contributed by atoms with Crippen LogP contribution in [0.15, 0.2) is 48.5 Å². The molecule has 2 amide bonds. The highest BCUT2D eigenvalue weighted by Gasteiger charge is 2.33. The van der Waals surface area contributed by atoms with Crippen LogP contribution >= 0.6 is 0 Å². The zero-order valence-electron chi connectivity index (χ0n) is 23.3. The molecule has 0 aromatic heterocycles. The molecule has 2 aromatic carbocycles. The molecule has 2 N–H and O–H groups in total. The summed E-state index contributed by atoms with van der Waals surface area (Å²) in [4.78, 5) is 32.5. The number of anilines is 1. The van der Waals surface area contributed by atoms with Gasteiger partial charge in [-0.05, 0) is 37.7 Å². The van der Waals surface area contributed by atoms with Crippen LogP contribution in [0.1, 0.15) is 36.2 Å². The van der Waals surface area contributed by atoms with Crippen LogP contribution in [-0.2, 0) is 16.1 Å². The summed E-state index contributed by atoms with van der Waals surface area (Å²) in [6, 6.07) is 15.2. The summed E-state index contributed by atoms with van der Waals surface area (Å²) in [6.07, 6.45) is 0.190. The molecule has 2 aromatic rings. The van der Waals surface area contributed by atoms with E-state index in [2.05, 4.69) is 41.2 Å². The first kappa shape index (κ1) is 29.0. The van der Waals surface area contributed by atoms with Gasteiger partial charge in [0.1, 0.15) is 11.9 Å². The maximum Gasteiger partial charge on any atom is 0.258 e. The molecule has 2 heterocycles. The molecule has 9 heteroatoms. The number of nitrogens with one attached hydrogen (secondary N) is 1. The number of nitrogens with zero attached hydrogens (tertiary/aromatic N) is 3. The number of benzene rings is 2. The standard InChI is InChI=1S/C30H42N4O5/c1-22-18-34(23(2)21-35)30(37)26-17-25(31-29(36)11-12-33-13-15-38-16-14-33)9-10-27(26)39-28(22)20-32(3)19-24-7-5-4-6-8-24/h4-10,17,22-23,28,35H,11-16,18-21H2,1-3H3,(H,31,36)/t22-,23+,28-/m1/s1. The van der Waals surface area contributed by atoms with E-state index in [4.69, 9.17) is 9.47 Å². The van der Waals surface area contributed by atoms with E-state index < -0.39 is 0 Å². The second-order valence-electron chi connectivity index (χ2n) is 10.8. The SMILES string of the molecule is C[C@@H]1CN([C@@H](C)CO)C(=O)c2cc(NC(=O)CCN3CCOCC3)ccc2O[C@@H]1CN(C)Cc1ccccc1. The van der Waals surface area contributed by atoms with Crippen molar-refractivity contribution < 1.29 is 24.2 Å². The summed E-state index contributed by atoms with van der Waals surface area (Å²) in [5, 5.41) is 12.9. The zero-order chi connectivity index (χ0) is 27.8. The Morgan fingerprint density at radius 1 is 1.18 bits per heavy atom. The largest absolute Gasteiger partial charge is 0.488 e. The molecule has 3 atom stereocenters. The number of carbonyl (C=O) groups excluding carboxylic acids is 2. The van der Waals surface area contributed by atoms with Crippen molar-refractivity contribution in [2.24, 2.45) is 5.92 Å². The van der Waals surface area contributed by atoms with E-state index in [0.29, 0.717) is 56.3 Å². The van der Waals surface area contributed by atoms with Gasteiger partial charge in [-0.2, -0.15) is 0 Å². The molecule has 2 aliphatic rings. The van der Waals surface area contributed by atoms with Gasteiger partial charge in [0.15, 0.2) is 0 Å². The average Bonchev–Trinajstić information content (AvgIpc) is 2.94. The van der Waals surface area contributed by atoms with E-state index in [1.807, 2.05) is 25.1 Å². The number of likely N-dealkylation sites (N-methyl/N-ethyl adjacent to an activating group) is 1. The second-order valence-corrected chi connectivity index (χ2v) is 10.8. The number of hydrogen-bond acceptors (Lipinski definition) is 7. The monoisotopic (exact) mass is 538 g/mol. The quantitative estimate of drug-likeness (QED) is 0.480. The maximum absolute atomic E-state index is 13.7. The Balaban J connectivity index is 1.50. The van der Waals surface area contributed by atoms with Crippen molar-refractivity contribution in [3.63, 3.8) is 0 Å². The summed E-state index contributed by atoms with van der Waals surface area (Å²) in [5.74, 6) is 0.217. The fraction of sp³-hybridized carbons (Fsp3) is 0.533. The molecule has 0 bridgehead atoms. The molecule has 9 nitrogen and oxygen atoms in total. The minimum absolute atomic E-state index is 0.0360. The normalized spacial score (nSPS) is 21.1. The third-order valence-corrected chi connectivity index (χ3v) is 7.49. The van der Waals surface area contributed by atoms with Gasteiger partial charge in [0.2, 0.25) is 5.91 Å². The third kappa shape index (κ3) is 8.02. The number of aliphatic hydroxyl groups excluding tert-OH is 1. The van der Waals surface area contributed by atoms with Gasteiger partial charge >= 0.3 is 0 Å². The molecule has 0 unspecified atom stereocenters. The molecular formula is C30H42N4O5. The molecule has 0 radical (unpaired) electrons.